The van der Waals surface area contributed by atoms with E-state index in [-0.39, 0.29) is 0 Å². The molecule has 1 N–H and O–H groups in total. The molecule has 0 amide bonds. The van der Waals surface area contributed by atoms with E-state index in [4.69, 9.17) is 4.74 Å². The van der Waals surface area contributed by atoms with E-state index >= 15 is 0 Å². The molecule has 0 aliphatic heterocycles. The average molecular weight is 291 g/mol. The van der Waals surface area contributed by atoms with Gasteiger partial charge in [-0.2, -0.15) is 0 Å². The lowest BCUT2D eigenvalue weighted by molar-refractivity contribution is 0.303. The molecular formula is C19H33NO. The Balaban J connectivity index is 2.10. The van der Waals surface area contributed by atoms with Crippen LogP contribution in [0.3, 0.4) is 0 Å². The van der Waals surface area contributed by atoms with Crippen molar-refractivity contribution in [2.24, 2.45) is 0 Å². The van der Waals surface area contributed by atoms with Crippen molar-refractivity contribution in [1.29, 1.82) is 0 Å². The Bertz CT molecular complexity index is 364. The predicted molar refractivity (Wildman–Crippen MR) is 92.0 cm³/mol. The van der Waals surface area contributed by atoms with Crippen LogP contribution in [0.15, 0.2) is 24.3 Å². The van der Waals surface area contributed by atoms with Crippen LogP contribution in [0.4, 0.5) is 0 Å². The molecule has 0 spiro atoms. The summed E-state index contributed by atoms with van der Waals surface area (Å²) in [5.41, 5.74) is 1.28. The minimum absolute atomic E-state index is 0.372. The van der Waals surface area contributed by atoms with Gasteiger partial charge in [-0.3, -0.25) is 0 Å². The first kappa shape index (κ1) is 18.0. The van der Waals surface area contributed by atoms with E-state index in [0.717, 1.165) is 12.4 Å². The van der Waals surface area contributed by atoms with Crippen molar-refractivity contribution in [3.8, 4) is 5.75 Å². The van der Waals surface area contributed by atoms with Crippen LogP contribution in [-0.4, -0.2) is 13.7 Å². The number of unbranched alkanes of at least 4 members (excludes halogenated alkanes) is 7. The van der Waals surface area contributed by atoms with E-state index in [1.54, 1.807) is 0 Å². The number of nitrogens with one attached hydrogen (secondary N) is 1. The second kappa shape index (κ2) is 11.6. The molecule has 1 aromatic rings. The molecule has 1 unspecified atom stereocenters. The van der Waals surface area contributed by atoms with Crippen molar-refractivity contribution in [3.63, 3.8) is 0 Å². The summed E-state index contributed by atoms with van der Waals surface area (Å²) in [6.07, 6.45) is 10.7. The van der Waals surface area contributed by atoms with Crippen molar-refractivity contribution in [2.75, 3.05) is 13.7 Å². The van der Waals surface area contributed by atoms with Crippen molar-refractivity contribution in [1.82, 2.24) is 5.32 Å². The molecule has 1 atom stereocenters. The van der Waals surface area contributed by atoms with Gasteiger partial charge in [0.25, 0.3) is 0 Å². The zero-order chi connectivity index (χ0) is 15.3. The first-order valence-electron chi connectivity index (χ1n) is 8.68. The molecule has 0 saturated heterocycles. The molecule has 1 rings (SSSR count). The second-order valence-electron chi connectivity index (χ2n) is 5.91. The summed E-state index contributed by atoms with van der Waals surface area (Å²) in [6, 6.07) is 8.79. The molecule has 0 aliphatic rings. The van der Waals surface area contributed by atoms with Crippen LogP contribution in [0.5, 0.6) is 5.75 Å². The molecule has 0 saturated carbocycles. The van der Waals surface area contributed by atoms with Gasteiger partial charge in [-0.05, 0) is 38.1 Å². The quantitative estimate of drug-likeness (QED) is 0.514. The number of rotatable bonds is 12. The predicted octanol–water partition coefficient (Wildman–Crippen LogP) is 5.49. The van der Waals surface area contributed by atoms with Gasteiger partial charge in [-0.25, -0.2) is 0 Å². The lowest BCUT2D eigenvalue weighted by Crippen LogP contribution is -2.12. The zero-order valence-electron chi connectivity index (χ0n) is 14.2. The molecule has 0 aromatic heterocycles. The minimum Gasteiger partial charge on any atom is -0.494 e. The molecule has 0 aliphatic carbocycles. The summed E-state index contributed by atoms with van der Waals surface area (Å²) >= 11 is 0. The molecule has 1 aromatic carbocycles. The first-order chi connectivity index (χ1) is 10.3. The summed E-state index contributed by atoms with van der Waals surface area (Å²) in [5, 5.41) is 3.26. The van der Waals surface area contributed by atoms with Crippen LogP contribution in [-0.2, 0) is 0 Å². The van der Waals surface area contributed by atoms with E-state index in [1.807, 2.05) is 7.05 Å². The van der Waals surface area contributed by atoms with Gasteiger partial charge in [0.2, 0.25) is 0 Å². The van der Waals surface area contributed by atoms with Gasteiger partial charge in [0, 0.05) is 6.04 Å². The molecule has 2 heteroatoms. The van der Waals surface area contributed by atoms with Gasteiger partial charge < -0.3 is 10.1 Å². The summed E-state index contributed by atoms with van der Waals surface area (Å²) in [5.74, 6) is 0.998. The number of benzene rings is 1. The normalized spacial score (nSPS) is 12.3. The fourth-order valence-electron chi connectivity index (χ4n) is 2.47. The molecule has 0 heterocycles. The highest BCUT2D eigenvalue weighted by atomic mass is 16.5. The fraction of sp³-hybridized carbons (Fsp3) is 0.684. The van der Waals surface area contributed by atoms with Crippen LogP contribution >= 0.6 is 0 Å². The highest BCUT2D eigenvalue weighted by Gasteiger charge is 2.03. The standard InChI is InChI=1S/C19H33NO/c1-4-5-6-7-8-9-10-11-15-21-19-14-12-13-18(16-19)17(2)20-3/h12-14,16-17,20H,4-11,15H2,1-3H3. The number of hydrogen-bond donors (Lipinski definition) is 1. The number of hydrogen-bond acceptors (Lipinski definition) is 2. The van der Waals surface area contributed by atoms with Gasteiger partial charge in [-0.15, -0.1) is 0 Å². The SMILES string of the molecule is CCCCCCCCCCOc1cccc(C(C)NC)c1. The smallest absolute Gasteiger partial charge is 0.119 e. The fourth-order valence-corrected chi connectivity index (χ4v) is 2.47. The topological polar surface area (TPSA) is 21.3 Å². The largest absolute Gasteiger partial charge is 0.494 e. The molecule has 0 bridgehead atoms. The van der Waals surface area contributed by atoms with E-state index < -0.39 is 0 Å². The maximum absolute atomic E-state index is 5.86. The highest BCUT2D eigenvalue weighted by molar-refractivity contribution is 5.30. The summed E-state index contributed by atoms with van der Waals surface area (Å²) in [4.78, 5) is 0. The summed E-state index contributed by atoms with van der Waals surface area (Å²) in [6.45, 7) is 5.27. The summed E-state index contributed by atoms with van der Waals surface area (Å²) in [7, 11) is 1.98. The Labute approximate surface area is 131 Å². The van der Waals surface area contributed by atoms with E-state index in [2.05, 4.69) is 43.4 Å². The Hall–Kier alpha value is -1.02. The summed E-state index contributed by atoms with van der Waals surface area (Å²) < 4.78 is 5.86. The minimum atomic E-state index is 0.372. The van der Waals surface area contributed by atoms with E-state index in [1.165, 1.54) is 56.9 Å². The first-order valence-corrected chi connectivity index (χ1v) is 8.68. The maximum atomic E-state index is 5.86. The third-order valence-electron chi connectivity index (χ3n) is 4.06. The molecule has 2 nitrogen and oxygen atoms in total. The molecule has 120 valence electrons. The van der Waals surface area contributed by atoms with Gasteiger partial charge >= 0.3 is 0 Å². The van der Waals surface area contributed by atoms with Gasteiger partial charge in [0.1, 0.15) is 5.75 Å². The van der Waals surface area contributed by atoms with Crippen LogP contribution in [0.25, 0.3) is 0 Å². The van der Waals surface area contributed by atoms with Gasteiger partial charge in [0.15, 0.2) is 0 Å². The second-order valence-corrected chi connectivity index (χ2v) is 5.91. The lowest BCUT2D eigenvalue weighted by atomic mass is 10.1. The third-order valence-corrected chi connectivity index (χ3v) is 4.06. The number of ether oxygens (including phenoxy) is 1. The van der Waals surface area contributed by atoms with Gasteiger partial charge in [0.05, 0.1) is 6.61 Å². The average Bonchev–Trinajstić information content (AvgIpc) is 2.53. The highest BCUT2D eigenvalue weighted by Crippen LogP contribution is 2.19. The van der Waals surface area contributed by atoms with Crippen molar-refractivity contribution in [2.45, 2.75) is 71.3 Å². The van der Waals surface area contributed by atoms with Crippen molar-refractivity contribution >= 4 is 0 Å². The maximum Gasteiger partial charge on any atom is 0.119 e. The lowest BCUT2D eigenvalue weighted by Gasteiger charge is -2.12. The van der Waals surface area contributed by atoms with Crippen molar-refractivity contribution < 1.29 is 4.74 Å². The van der Waals surface area contributed by atoms with Crippen LogP contribution in [0.2, 0.25) is 0 Å². The van der Waals surface area contributed by atoms with Crippen LogP contribution in [0, 0.1) is 0 Å². The molecule has 0 fully saturated rings. The molecule has 21 heavy (non-hydrogen) atoms. The Kier molecular flexibility index (Phi) is 9.98. The molecule has 0 radical (unpaired) electrons. The van der Waals surface area contributed by atoms with Crippen molar-refractivity contribution in [3.05, 3.63) is 29.8 Å². The van der Waals surface area contributed by atoms with Gasteiger partial charge in [-0.1, -0.05) is 64.0 Å². The Morgan fingerprint density at radius 1 is 1.00 bits per heavy atom. The van der Waals surface area contributed by atoms with Crippen LogP contribution in [0.1, 0.15) is 76.8 Å². The third kappa shape index (κ3) is 8.11. The zero-order valence-corrected chi connectivity index (χ0v) is 14.2. The van der Waals surface area contributed by atoms with Crippen LogP contribution < -0.4 is 10.1 Å². The Morgan fingerprint density at radius 2 is 1.67 bits per heavy atom. The molecular weight excluding hydrogens is 258 g/mol. The van der Waals surface area contributed by atoms with E-state index in [0.29, 0.717) is 6.04 Å². The monoisotopic (exact) mass is 291 g/mol. The Morgan fingerprint density at radius 3 is 2.33 bits per heavy atom. The van der Waals surface area contributed by atoms with E-state index in [9.17, 15) is 0 Å².